The Kier molecular flexibility index (Phi) is 2.84. The zero-order chi connectivity index (χ0) is 13.2. The van der Waals surface area contributed by atoms with Crippen LogP contribution >= 0.6 is 11.3 Å². The SMILES string of the molecule is Nc1c(C(=O)NCc2ccon2)sc2nnccc12. The Morgan fingerprint density at radius 2 is 2.37 bits per heavy atom. The van der Waals surface area contributed by atoms with E-state index in [0.29, 0.717) is 21.1 Å². The lowest BCUT2D eigenvalue weighted by molar-refractivity contribution is 0.0955. The Bertz CT molecular complexity index is 722. The number of hydrogen-bond donors (Lipinski definition) is 2. The molecule has 0 fully saturated rings. The smallest absolute Gasteiger partial charge is 0.263 e. The molecule has 3 N–H and O–H groups in total. The second-order valence-electron chi connectivity index (χ2n) is 3.77. The van der Waals surface area contributed by atoms with E-state index in [1.165, 1.54) is 17.6 Å². The molecule has 0 aromatic carbocycles. The predicted molar refractivity (Wildman–Crippen MR) is 69.5 cm³/mol. The van der Waals surface area contributed by atoms with E-state index >= 15 is 0 Å². The van der Waals surface area contributed by atoms with Crippen molar-refractivity contribution in [2.24, 2.45) is 0 Å². The largest absolute Gasteiger partial charge is 0.397 e. The van der Waals surface area contributed by atoms with Crippen molar-refractivity contribution in [3.8, 4) is 0 Å². The minimum atomic E-state index is -0.261. The lowest BCUT2D eigenvalue weighted by atomic mass is 10.3. The summed E-state index contributed by atoms with van der Waals surface area (Å²) in [6.07, 6.45) is 2.99. The fourth-order valence-corrected chi connectivity index (χ4v) is 2.58. The van der Waals surface area contributed by atoms with E-state index in [0.717, 1.165) is 5.39 Å². The third kappa shape index (κ3) is 2.13. The molecule has 8 heteroatoms. The zero-order valence-corrected chi connectivity index (χ0v) is 10.5. The van der Waals surface area contributed by atoms with Gasteiger partial charge in [0.05, 0.1) is 18.4 Å². The number of nitrogens with two attached hydrogens (primary N) is 1. The third-order valence-corrected chi connectivity index (χ3v) is 3.65. The maximum absolute atomic E-state index is 12.0. The Hall–Kier alpha value is -2.48. The van der Waals surface area contributed by atoms with Crippen molar-refractivity contribution < 1.29 is 9.32 Å². The number of rotatable bonds is 3. The van der Waals surface area contributed by atoms with Crippen LogP contribution in [0.15, 0.2) is 29.1 Å². The third-order valence-electron chi connectivity index (χ3n) is 2.55. The van der Waals surface area contributed by atoms with Gasteiger partial charge in [0.2, 0.25) is 0 Å². The monoisotopic (exact) mass is 275 g/mol. The molecular formula is C11H9N5O2S. The van der Waals surface area contributed by atoms with Crippen molar-refractivity contribution in [3.63, 3.8) is 0 Å². The van der Waals surface area contributed by atoms with Gasteiger partial charge >= 0.3 is 0 Å². The van der Waals surface area contributed by atoms with Crippen LogP contribution in [0.25, 0.3) is 10.2 Å². The summed E-state index contributed by atoms with van der Waals surface area (Å²) in [6.45, 7) is 0.286. The molecule has 0 bridgehead atoms. The number of thiophene rings is 1. The van der Waals surface area contributed by atoms with Crippen LogP contribution in [0, 0.1) is 0 Å². The number of fused-ring (bicyclic) bond motifs is 1. The molecule has 96 valence electrons. The van der Waals surface area contributed by atoms with Crippen molar-refractivity contribution in [2.45, 2.75) is 6.54 Å². The standard InChI is InChI=1S/C11H9N5O2S/c12-8-7-1-3-14-15-11(7)19-9(8)10(17)13-5-6-2-4-18-16-6/h1-4H,5,12H2,(H,13,17). The van der Waals surface area contributed by atoms with E-state index in [9.17, 15) is 4.79 Å². The van der Waals surface area contributed by atoms with Crippen molar-refractivity contribution in [3.05, 3.63) is 35.2 Å². The number of anilines is 1. The average Bonchev–Trinajstić information content (AvgIpc) is 3.05. The first-order chi connectivity index (χ1) is 9.25. The van der Waals surface area contributed by atoms with E-state index in [1.54, 1.807) is 18.3 Å². The number of carbonyl (C=O) groups is 1. The van der Waals surface area contributed by atoms with Crippen molar-refractivity contribution in [2.75, 3.05) is 5.73 Å². The second-order valence-corrected chi connectivity index (χ2v) is 4.77. The van der Waals surface area contributed by atoms with Crippen LogP contribution < -0.4 is 11.1 Å². The molecule has 0 aliphatic heterocycles. The molecular weight excluding hydrogens is 266 g/mol. The number of amides is 1. The summed E-state index contributed by atoms with van der Waals surface area (Å²) in [7, 11) is 0. The molecule has 0 radical (unpaired) electrons. The lowest BCUT2D eigenvalue weighted by Gasteiger charge is -2.01. The molecule has 0 saturated carbocycles. The Labute approximate surface area is 111 Å². The van der Waals surface area contributed by atoms with Gasteiger partial charge in [0, 0.05) is 11.5 Å². The highest BCUT2D eigenvalue weighted by molar-refractivity contribution is 7.21. The van der Waals surface area contributed by atoms with E-state index in [4.69, 9.17) is 5.73 Å². The summed E-state index contributed by atoms with van der Waals surface area (Å²) < 4.78 is 4.68. The molecule has 1 amide bonds. The van der Waals surface area contributed by atoms with Gasteiger partial charge in [0.1, 0.15) is 21.7 Å². The van der Waals surface area contributed by atoms with Crippen LogP contribution in [-0.4, -0.2) is 21.3 Å². The molecule has 7 nitrogen and oxygen atoms in total. The van der Waals surface area contributed by atoms with E-state index < -0.39 is 0 Å². The molecule has 0 saturated heterocycles. The summed E-state index contributed by atoms with van der Waals surface area (Å²) >= 11 is 1.21. The maximum Gasteiger partial charge on any atom is 0.263 e. The summed E-state index contributed by atoms with van der Waals surface area (Å²) in [5.74, 6) is -0.261. The van der Waals surface area contributed by atoms with Gasteiger partial charge in [0.15, 0.2) is 0 Å². The maximum atomic E-state index is 12.0. The van der Waals surface area contributed by atoms with Gasteiger partial charge in [-0.05, 0) is 6.07 Å². The fraction of sp³-hybridized carbons (Fsp3) is 0.0909. The molecule has 3 heterocycles. The molecule has 3 rings (SSSR count). The average molecular weight is 275 g/mol. The first-order valence-corrected chi connectivity index (χ1v) is 6.24. The van der Waals surface area contributed by atoms with Gasteiger partial charge in [-0.25, -0.2) is 0 Å². The van der Waals surface area contributed by atoms with Crippen LogP contribution in [-0.2, 0) is 6.54 Å². The highest BCUT2D eigenvalue weighted by Crippen LogP contribution is 2.31. The summed E-state index contributed by atoms with van der Waals surface area (Å²) in [5.41, 5.74) is 7.01. The molecule has 0 aliphatic rings. The number of hydrogen-bond acceptors (Lipinski definition) is 7. The van der Waals surface area contributed by atoms with Crippen LogP contribution in [0.2, 0.25) is 0 Å². The molecule has 0 unspecified atom stereocenters. The zero-order valence-electron chi connectivity index (χ0n) is 9.66. The summed E-state index contributed by atoms with van der Waals surface area (Å²) in [5, 5.41) is 14.9. The summed E-state index contributed by atoms with van der Waals surface area (Å²) in [4.78, 5) is 13.1. The summed E-state index contributed by atoms with van der Waals surface area (Å²) in [6, 6.07) is 3.42. The van der Waals surface area contributed by atoms with Gasteiger partial charge in [-0.3, -0.25) is 4.79 Å². The lowest BCUT2D eigenvalue weighted by Crippen LogP contribution is -2.22. The van der Waals surface area contributed by atoms with Crippen molar-refractivity contribution in [1.29, 1.82) is 0 Å². The molecule has 0 spiro atoms. The molecule has 3 aromatic heterocycles. The normalized spacial score (nSPS) is 10.7. The minimum Gasteiger partial charge on any atom is -0.397 e. The highest BCUT2D eigenvalue weighted by Gasteiger charge is 2.17. The topological polar surface area (TPSA) is 107 Å². The first kappa shape index (κ1) is 11.6. The predicted octanol–water partition coefficient (Wildman–Crippen LogP) is 1.19. The fourth-order valence-electron chi connectivity index (χ4n) is 1.62. The molecule has 19 heavy (non-hydrogen) atoms. The Balaban J connectivity index is 1.83. The quantitative estimate of drug-likeness (QED) is 0.743. The van der Waals surface area contributed by atoms with Gasteiger partial charge in [-0.1, -0.05) is 5.16 Å². The highest BCUT2D eigenvalue weighted by atomic mass is 32.1. The van der Waals surface area contributed by atoms with E-state index in [2.05, 4.69) is 25.2 Å². The van der Waals surface area contributed by atoms with Gasteiger partial charge in [-0.2, -0.15) is 5.10 Å². The Morgan fingerprint density at radius 3 is 3.11 bits per heavy atom. The van der Waals surface area contributed by atoms with Gasteiger partial charge in [-0.15, -0.1) is 16.4 Å². The molecule has 0 atom stereocenters. The number of nitrogen functional groups attached to an aromatic ring is 1. The number of nitrogens with one attached hydrogen (secondary N) is 1. The number of carbonyl (C=O) groups excluding carboxylic acids is 1. The van der Waals surface area contributed by atoms with Crippen LogP contribution in [0.3, 0.4) is 0 Å². The van der Waals surface area contributed by atoms with Crippen LogP contribution in [0.4, 0.5) is 5.69 Å². The Morgan fingerprint density at radius 1 is 1.47 bits per heavy atom. The van der Waals surface area contributed by atoms with Crippen molar-refractivity contribution >= 4 is 33.1 Å². The molecule has 0 aliphatic carbocycles. The number of aromatic nitrogens is 3. The van der Waals surface area contributed by atoms with E-state index in [1.807, 2.05) is 0 Å². The van der Waals surface area contributed by atoms with Crippen molar-refractivity contribution in [1.82, 2.24) is 20.7 Å². The second kappa shape index (κ2) is 4.65. The van der Waals surface area contributed by atoms with Crippen LogP contribution in [0.1, 0.15) is 15.4 Å². The van der Waals surface area contributed by atoms with Crippen LogP contribution in [0.5, 0.6) is 0 Å². The van der Waals surface area contributed by atoms with Gasteiger partial charge < -0.3 is 15.6 Å². The first-order valence-electron chi connectivity index (χ1n) is 5.43. The van der Waals surface area contributed by atoms with Gasteiger partial charge in [0.25, 0.3) is 5.91 Å². The minimum absolute atomic E-state index is 0.261. The number of nitrogens with zero attached hydrogens (tertiary/aromatic N) is 3. The van der Waals surface area contributed by atoms with E-state index in [-0.39, 0.29) is 12.5 Å². The molecule has 3 aromatic rings.